The SMILES string of the molecule is O=C(O)C[C@H]1CC[C@H](Oc2ccc(-c3cnc(-c4nc5ccccc5[nH]4)cn3)cn2)CC1. The molecule has 0 amide bonds. The lowest BCUT2D eigenvalue weighted by molar-refractivity contribution is -0.138. The van der Waals surface area contributed by atoms with E-state index in [0.717, 1.165) is 48.0 Å². The number of hydrogen-bond acceptors (Lipinski definition) is 6. The second-order valence-corrected chi connectivity index (χ2v) is 8.13. The van der Waals surface area contributed by atoms with Crippen LogP contribution in [0.15, 0.2) is 55.0 Å². The number of hydrogen-bond donors (Lipinski definition) is 2. The van der Waals surface area contributed by atoms with Crippen LogP contribution >= 0.6 is 0 Å². The summed E-state index contributed by atoms with van der Waals surface area (Å²) in [5.41, 5.74) is 4.10. The van der Waals surface area contributed by atoms with Gasteiger partial charge in [0.15, 0.2) is 5.82 Å². The minimum Gasteiger partial charge on any atom is -0.481 e. The molecule has 1 fully saturated rings. The van der Waals surface area contributed by atoms with Gasteiger partial charge in [0.25, 0.3) is 0 Å². The zero-order valence-electron chi connectivity index (χ0n) is 17.4. The molecule has 0 aliphatic heterocycles. The number of rotatable bonds is 6. The average molecular weight is 429 g/mol. The first-order valence-corrected chi connectivity index (χ1v) is 10.8. The van der Waals surface area contributed by atoms with Gasteiger partial charge in [-0.15, -0.1) is 0 Å². The predicted octanol–water partition coefficient (Wildman–Crippen LogP) is 4.49. The molecule has 1 aromatic carbocycles. The highest BCUT2D eigenvalue weighted by atomic mass is 16.5. The average Bonchev–Trinajstić information content (AvgIpc) is 3.25. The van der Waals surface area contributed by atoms with Gasteiger partial charge in [0.05, 0.1) is 29.1 Å². The molecule has 8 heteroatoms. The number of nitrogens with one attached hydrogen (secondary N) is 1. The molecule has 2 N–H and O–H groups in total. The Morgan fingerprint density at radius 1 is 0.969 bits per heavy atom. The summed E-state index contributed by atoms with van der Waals surface area (Å²) in [7, 11) is 0. The predicted molar refractivity (Wildman–Crippen MR) is 119 cm³/mol. The largest absolute Gasteiger partial charge is 0.481 e. The molecule has 0 radical (unpaired) electrons. The van der Waals surface area contributed by atoms with Crippen LogP contribution < -0.4 is 4.74 Å². The second kappa shape index (κ2) is 8.74. The van der Waals surface area contributed by atoms with Crippen LogP contribution in [-0.4, -0.2) is 42.1 Å². The van der Waals surface area contributed by atoms with Gasteiger partial charge in [0.2, 0.25) is 5.88 Å². The Kier molecular flexibility index (Phi) is 5.49. The van der Waals surface area contributed by atoms with Crippen LogP contribution in [0.1, 0.15) is 32.1 Å². The van der Waals surface area contributed by atoms with Crippen LogP contribution in [0.3, 0.4) is 0 Å². The molecule has 32 heavy (non-hydrogen) atoms. The Hall–Kier alpha value is -3.81. The van der Waals surface area contributed by atoms with Crippen molar-refractivity contribution in [3.05, 3.63) is 55.0 Å². The molecule has 1 aliphatic carbocycles. The third-order valence-electron chi connectivity index (χ3n) is 5.86. The van der Waals surface area contributed by atoms with Crippen molar-refractivity contribution in [1.29, 1.82) is 0 Å². The maximum Gasteiger partial charge on any atom is 0.303 e. The van der Waals surface area contributed by atoms with Crippen molar-refractivity contribution in [2.45, 2.75) is 38.2 Å². The molecule has 3 heterocycles. The maximum atomic E-state index is 10.9. The van der Waals surface area contributed by atoms with Crippen molar-refractivity contribution in [2.24, 2.45) is 5.92 Å². The van der Waals surface area contributed by atoms with E-state index in [1.54, 1.807) is 18.6 Å². The van der Waals surface area contributed by atoms with Crippen LogP contribution in [0, 0.1) is 5.92 Å². The quantitative estimate of drug-likeness (QED) is 0.464. The van der Waals surface area contributed by atoms with Crippen LogP contribution in [0.5, 0.6) is 5.88 Å². The van der Waals surface area contributed by atoms with E-state index < -0.39 is 5.97 Å². The summed E-state index contributed by atoms with van der Waals surface area (Å²) in [5, 5.41) is 8.93. The van der Waals surface area contributed by atoms with Crippen molar-refractivity contribution in [1.82, 2.24) is 24.9 Å². The molecule has 1 aliphatic rings. The van der Waals surface area contributed by atoms with Crippen LogP contribution in [0.2, 0.25) is 0 Å². The second-order valence-electron chi connectivity index (χ2n) is 8.13. The Morgan fingerprint density at radius 2 is 1.75 bits per heavy atom. The van der Waals surface area contributed by atoms with Crippen LogP contribution in [0.4, 0.5) is 0 Å². The first-order chi connectivity index (χ1) is 15.6. The molecular weight excluding hydrogens is 406 g/mol. The monoisotopic (exact) mass is 429 g/mol. The summed E-state index contributed by atoms with van der Waals surface area (Å²) in [4.78, 5) is 32.1. The Morgan fingerprint density at radius 3 is 2.44 bits per heavy atom. The summed E-state index contributed by atoms with van der Waals surface area (Å²) < 4.78 is 6.00. The summed E-state index contributed by atoms with van der Waals surface area (Å²) >= 11 is 0. The number of pyridine rings is 1. The van der Waals surface area contributed by atoms with Crippen molar-refractivity contribution in [2.75, 3.05) is 0 Å². The van der Waals surface area contributed by atoms with Crippen molar-refractivity contribution in [3.8, 4) is 28.7 Å². The standard InChI is InChI=1S/C24H23N5O3/c30-23(31)11-15-5-8-17(9-6-15)32-22-10-7-16(12-27-22)20-13-26-21(14-25-20)24-28-18-3-1-2-4-19(18)29-24/h1-4,7,10,12-15,17H,5-6,8-9,11H2,(H,28,29)(H,30,31)/t15-,17-. The van der Waals surface area contributed by atoms with Gasteiger partial charge in [0, 0.05) is 24.2 Å². The molecule has 0 spiro atoms. The Bertz CT molecular complexity index is 1180. The number of carboxylic acids is 1. The summed E-state index contributed by atoms with van der Waals surface area (Å²) in [6.07, 6.45) is 8.95. The number of ether oxygens (including phenoxy) is 1. The molecule has 3 aromatic heterocycles. The third-order valence-corrected chi connectivity index (χ3v) is 5.86. The van der Waals surface area contributed by atoms with Gasteiger partial charge >= 0.3 is 5.97 Å². The lowest BCUT2D eigenvalue weighted by atomic mass is 9.85. The summed E-state index contributed by atoms with van der Waals surface area (Å²) in [6.45, 7) is 0. The molecule has 0 atom stereocenters. The lowest BCUT2D eigenvalue weighted by Crippen LogP contribution is -2.25. The van der Waals surface area contributed by atoms with Gasteiger partial charge in [-0.05, 0) is 49.8 Å². The molecule has 0 unspecified atom stereocenters. The van der Waals surface area contributed by atoms with Crippen LogP contribution in [-0.2, 0) is 4.79 Å². The molecule has 0 bridgehead atoms. The lowest BCUT2D eigenvalue weighted by Gasteiger charge is -2.27. The Labute approximate surface area is 184 Å². The fourth-order valence-electron chi connectivity index (χ4n) is 4.15. The van der Waals surface area contributed by atoms with E-state index in [2.05, 4.69) is 24.9 Å². The molecular formula is C24H23N5O3. The van der Waals surface area contributed by atoms with Crippen molar-refractivity contribution in [3.63, 3.8) is 0 Å². The van der Waals surface area contributed by atoms with E-state index >= 15 is 0 Å². The van der Waals surface area contributed by atoms with Crippen molar-refractivity contribution >= 4 is 17.0 Å². The van der Waals surface area contributed by atoms with Gasteiger partial charge in [-0.1, -0.05) is 12.1 Å². The number of carbonyl (C=O) groups is 1. The molecule has 0 saturated heterocycles. The first kappa shape index (κ1) is 20.1. The molecule has 162 valence electrons. The van der Waals surface area contributed by atoms with E-state index in [-0.39, 0.29) is 18.4 Å². The number of fused-ring (bicyclic) bond motifs is 1. The minimum absolute atomic E-state index is 0.0845. The number of imidazole rings is 1. The number of benzene rings is 1. The topological polar surface area (TPSA) is 114 Å². The van der Waals surface area contributed by atoms with E-state index in [9.17, 15) is 4.79 Å². The smallest absolute Gasteiger partial charge is 0.303 e. The van der Waals surface area contributed by atoms with E-state index in [4.69, 9.17) is 9.84 Å². The zero-order valence-corrected chi connectivity index (χ0v) is 17.4. The highest BCUT2D eigenvalue weighted by Crippen LogP contribution is 2.29. The number of nitrogens with zero attached hydrogens (tertiary/aromatic N) is 4. The molecule has 5 rings (SSSR count). The van der Waals surface area contributed by atoms with Gasteiger partial charge in [0.1, 0.15) is 11.8 Å². The number of aromatic amines is 1. The number of para-hydroxylation sites is 2. The third kappa shape index (κ3) is 4.44. The minimum atomic E-state index is -0.722. The highest BCUT2D eigenvalue weighted by molar-refractivity contribution is 5.78. The zero-order chi connectivity index (χ0) is 21.9. The van der Waals surface area contributed by atoms with E-state index in [1.165, 1.54) is 0 Å². The van der Waals surface area contributed by atoms with E-state index in [0.29, 0.717) is 17.4 Å². The number of H-pyrrole nitrogens is 1. The van der Waals surface area contributed by atoms with Gasteiger partial charge in [-0.2, -0.15) is 0 Å². The first-order valence-electron chi connectivity index (χ1n) is 10.8. The maximum absolute atomic E-state index is 10.9. The fraction of sp³-hybridized carbons (Fsp3) is 0.292. The highest BCUT2D eigenvalue weighted by Gasteiger charge is 2.24. The molecule has 4 aromatic rings. The Balaban J connectivity index is 1.22. The number of aromatic nitrogens is 5. The van der Waals surface area contributed by atoms with Gasteiger partial charge < -0.3 is 14.8 Å². The van der Waals surface area contributed by atoms with E-state index in [1.807, 2.05) is 36.4 Å². The fourth-order valence-corrected chi connectivity index (χ4v) is 4.15. The van der Waals surface area contributed by atoms with Crippen LogP contribution in [0.25, 0.3) is 33.8 Å². The normalized spacial score (nSPS) is 18.5. The molecule has 1 saturated carbocycles. The van der Waals surface area contributed by atoms with Gasteiger partial charge in [-0.3, -0.25) is 9.78 Å². The molecule has 8 nitrogen and oxygen atoms in total. The van der Waals surface area contributed by atoms with Crippen molar-refractivity contribution < 1.29 is 14.6 Å². The number of aliphatic carboxylic acids is 1. The summed E-state index contributed by atoms with van der Waals surface area (Å²) in [5.74, 6) is 0.789. The summed E-state index contributed by atoms with van der Waals surface area (Å²) in [6, 6.07) is 11.6. The van der Waals surface area contributed by atoms with Gasteiger partial charge in [-0.25, -0.2) is 15.0 Å². The number of carboxylic acid groups (broad SMARTS) is 1.